The molecule has 2 unspecified atom stereocenters. The number of ether oxygens (including phenoxy) is 1. The van der Waals surface area contributed by atoms with E-state index in [2.05, 4.69) is 13.8 Å². The molecule has 1 aliphatic carbocycles. The van der Waals surface area contributed by atoms with E-state index in [0.29, 0.717) is 5.92 Å². The average Bonchev–Trinajstić information content (AvgIpc) is 2.68. The van der Waals surface area contributed by atoms with Gasteiger partial charge in [0.25, 0.3) is 0 Å². The molecule has 2 nitrogen and oxygen atoms in total. The second-order valence-corrected chi connectivity index (χ2v) is 4.44. The van der Waals surface area contributed by atoms with Crippen molar-refractivity contribution in [2.24, 2.45) is 11.7 Å². The first-order valence-corrected chi connectivity index (χ1v) is 5.44. The third-order valence-corrected chi connectivity index (χ3v) is 3.78. The molecule has 0 aromatic carbocycles. The third-order valence-electron chi connectivity index (χ3n) is 3.78. The summed E-state index contributed by atoms with van der Waals surface area (Å²) in [6.07, 6.45) is 6.28. The molecule has 1 aliphatic rings. The monoisotopic (exact) mass is 185 g/mol. The van der Waals surface area contributed by atoms with Crippen molar-refractivity contribution in [2.75, 3.05) is 7.11 Å². The molecule has 0 aliphatic heterocycles. The zero-order chi connectivity index (χ0) is 9.90. The van der Waals surface area contributed by atoms with Crippen molar-refractivity contribution in [3.63, 3.8) is 0 Å². The molecule has 0 aromatic heterocycles. The summed E-state index contributed by atoms with van der Waals surface area (Å²) >= 11 is 0. The van der Waals surface area contributed by atoms with Gasteiger partial charge in [0.1, 0.15) is 0 Å². The highest BCUT2D eigenvalue weighted by Crippen LogP contribution is 2.33. The zero-order valence-electron chi connectivity index (χ0n) is 9.18. The second kappa shape index (κ2) is 4.43. The first-order chi connectivity index (χ1) is 6.14. The maximum absolute atomic E-state index is 6.25. The molecule has 2 atom stereocenters. The van der Waals surface area contributed by atoms with Gasteiger partial charge in [0.2, 0.25) is 0 Å². The molecule has 2 N–H and O–H groups in total. The van der Waals surface area contributed by atoms with Crippen molar-refractivity contribution in [1.29, 1.82) is 0 Å². The Morgan fingerprint density at radius 1 is 1.46 bits per heavy atom. The van der Waals surface area contributed by atoms with Gasteiger partial charge in [-0.1, -0.05) is 19.8 Å². The summed E-state index contributed by atoms with van der Waals surface area (Å²) in [5.41, 5.74) is 6.14. The topological polar surface area (TPSA) is 35.2 Å². The predicted molar refractivity (Wildman–Crippen MR) is 55.6 cm³/mol. The van der Waals surface area contributed by atoms with Crippen LogP contribution in [0.5, 0.6) is 0 Å². The first-order valence-electron chi connectivity index (χ1n) is 5.44. The van der Waals surface area contributed by atoms with Crippen LogP contribution < -0.4 is 5.73 Å². The summed E-state index contributed by atoms with van der Waals surface area (Å²) < 4.78 is 5.54. The van der Waals surface area contributed by atoms with Crippen LogP contribution in [0.3, 0.4) is 0 Å². The fourth-order valence-electron chi connectivity index (χ4n) is 2.33. The highest BCUT2D eigenvalue weighted by atomic mass is 16.5. The molecule has 13 heavy (non-hydrogen) atoms. The summed E-state index contributed by atoms with van der Waals surface area (Å²) in [5, 5.41) is 0. The van der Waals surface area contributed by atoms with Crippen LogP contribution in [0.25, 0.3) is 0 Å². The van der Waals surface area contributed by atoms with E-state index < -0.39 is 0 Å². The molecule has 1 rings (SSSR count). The van der Waals surface area contributed by atoms with Crippen LogP contribution in [-0.2, 0) is 4.74 Å². The molecule has 1 fully saturated rings. The van der Waals surface area contributed by atoms with E-state index in [1.165, 1.54) is 25.7 Å². The molecule has 0 saturated heterocycles. The third kappa shape index (κ3) is 2.23. The van der Waals surface area contributed by atoms with Crippen LogP contribution in [0.15, 0.2) is 0 Å². The number of hydrogen-bond acceptors (Lipinski definition) is 2. The molecule has 0 radical (unpaired) electrons. The van der Waals surface area contributed by atoms with Gasteiger partial charge in [-0.2, -0.15) is 0 Å². The molecule has 0 bridgehead atoms. The Bertz CT molecular complexity index is 148. The minimum Gasteiger partial charge on any atom is -0.377 e. The zero-order valence-corrected chi connectivity index (χ0v) is 9.18. The van der Waals surface area contributed by atoms with Gasteiger partial charge in [-0.05, 0) is 32.1 Å². The summed E-state index contributed by atoms with van der Waals surface area (Å²) in [6, 6.07) is 0.213. The van der Waals surface area contributed by atoms with Gasteiger partial charge in [-0.3, -0.25) is 0 Å². The molecular formula is C11H23NO. The summed E-state index contributed by atoms with van der Waals surface area (Å²) in [5.74, 6) is 0.685. The molecule has 0 amide bonds. The van der Waals surface area contributed by atoms with Gasteiger partial charge in [-0.25, -0.2) is 0 Å². The Kier molecular flexibility index (Phi) is 3.74. The lowest BCUT2D eigenvalue weighted by atomic mass is 9.83. The molecule has 2 heteroatoms. The highest BCUT2D eigenvalue weighted by Gasteiger charge is 2.36. The maximum Gasteiger partial charge on any atom is 0.0800 e. The van der Waals surface area contributed by atoms with Gasteiger partial charge in [-0.15, -0.1) is 0 Å². The largest absolute Gasteiger partial charge is 0.377 e. The van der Waals surface area contributed by atoms with E-state index >= 15 is 0 Å². The molecule has 0 spiro atoms. The smallest absolute Gasteiger partial charge is 0.0800 e. The van der Waals surface area contributed by atoms with Gasteiger partial charge in [0.05, 0.1) is 5.60 Å². The molecule has 0 aromatic rings. The molecule has 78 valence electrons. The van der Waals surface area contributed by atoms with E-state index in [4.69, 9.17) is 10.5 Å². The fourth-order valence-corrected chi connectivity index (χ4v) is 2.33. The summed E-state index contributed by atoms with van der Waals surface area (Å²) in [4.78, 5) is 0. The Hall–Kier alpha value is -0.0800. The Balaban J connectivity index is 2.57. The molecular weight excluding hydrogens is 162 g/mol. The van der Waals surface area contributed by atoms with Crippen LogP contribution in [-0.4, -0.2) is 18.8 Å². The number of methoxy groups -OCH3 is 1. The van der Waals surface area contributed by atoms with E-state index in [-0.39, 0.29) is 11.6 Å². The minimum atomic E-state index is -0.116. The normalized spacial score (nSPS) is 25.8. The fraction of sp³-hybridized carbons (Fsp3) is 1.00. The van der Waals surface area contributed by atoms with Crippen molar-refractivity contribution in [3.05, 3.63) is 0 Å². The van der Waals surface area contributed by atoms with Crippen molar-refractivity contribution >= 4 is 0 Å². The van der Waals surface area contributed by atoms with E-state index in [0.717, 1.165) is 6.42 Å². The van der Waals surface area contributed by atoms with Gasteiger partial charge in [0, 0.05) is 13.2 Å². The van der Waals surface area contributed by atoms with Crippen molar-refractivity contribution in [2.45, 2.75) is 57.6 Å². The van der Waals surface area contributed by atoms with Gasteiger partial charge in [0.15, 0.2) is 0 Å². The molecule has 0 heterocycles. The number of rotatable bonds is 4. The van der Waals surface area contributed by atoms with E-state index in [1.807, 2.05) is 0 Å². The quantitative estimate of drug-likeness (QED) is 0.729. The summed E-state index contributed by atoms with van der Waals surface area (Å²) in [6.45, 7) is 4.29. The number of nitrogens with two attached hydrogens (primary N) is 1. The Morgan fingerprint density at radius 3 is 2.38 bits per heavy atom. The van der Waals surface area contributed by atoms with E-state index in [1.54, 1.807) is 7.11 Å². The predicted octanol–water partition coefficient (Wildman–Crippen LogP) is 2.32. The Morgan fingerprint density at radius 2 is 2.00 bits per heavy atom. The standard InChI is InChI=1S/C11H23NO/c1-4-11(2,13-3)10(12)9-7-5-6-8-9/h9-10H,4-8,12H2,1-3H3. The van der Waals surface area contributed by atoms with Crippen LogP contribution in [0, 0.1) is 5.92 Å². The van der Waals surface area contributed by atoms with Crippen molar-refractivity contribution in [1.82, 2.24) is 0 Å². The van der Waals surface area contributed by atoms with Crippen LogP contribution in [0.2, 0.25) is 0 Å². The van der Waals surface area contributed by atoms with E-state index in [9.17, 15) is 0 Å². The lowest BCUT2D eigenvalue weighted by Gasteiger charge is -2.36. The summed E-state index contributed by atoms with van der Waals surface area (Å²) in [7, 11) is 1.78. The SMILES string of the molecule is CCC(C)(OC)C(N)C1CCCC1. The lowest BCUT2D eigenvalue weighted by molar-refractivity contribution is -0.0331. The van der Waals surface area contributed by atoms with Crippen LogP contribution >= 0.6 is 0 Å². The Labute approximate surface area is 81.8 Å². The van der Waals surface area contributed by atoms with Crippen LogP contribution in [0.4, 0.5) is 0 Å². The van der Waals surface area contributed by atoms with Gasteiger partial charge >= 0.3 is 0 Å². The first kappa shape index (κ1) is 11.0. The van der Waals surface area contributed by atoms with Gasteiger partial charge < -0.3 is 10.5 Å². The van der Waals surface area contributed by atoms with Crippen molar-refractivity contribution in [3.8, 4) is 0 Å². The highest BCUT2D eigenvalue weighted by molar-refractivity contribution is 4.92. The molecule has 1 saturated carbocycles. The van der Waals surface area contributed by atoms with Crippen molar-refractivity contribution < 1.29 is 4.74 Å². The minimum absolute atomic E-state index is 0.116. The second-order valence-electron chi connectivity index (χ2n) is 4.44. The van der Waals surface area contributed by atoms with Crippen LogP contribution in [0.1, 0.15) is 46.0 Å². The lowest BCUT2D eigenvalue weighted by Crippen LogP contribution is -2.50. The number of hydrogen-bond donors (Lipinski definition) is 1. The maximum atomic E-state index is 6.25. The average molecular weight is 185 g/mol.